The summed E-state index contributed by atoms with van der Waals surface area (Å²) < 4.78 is 17.1. The second kappa shape index (κ2) is 10.9. The molecule has 30 heavy (non-hydrogen) atoms. The summed E-state index contributed by atoms with van der Waals surface area (Å²) in [6.07, 6.45) is 5.32. The van der Waals surface area contributed by atoms with E-state index in [1.54, 1.807) is 37.5 Å². The molecule has 0 aliphatic heterocycles. The first-order valence-electron chi connectivity index (χ1n) is 10.6. The van der Waals surface area contributed by atoms with Crippen LogP contribution in [0.15, 0.2) is 42.5 Å². The summed E-state index contributed by atoms with van der Waals surface area (Å²) in [6.45, 7) is 11.9. The molecule has 0 atom stereocenters. The Kier molecular flexibility index (Phi) is 8.52. The van der Waals surface area contributed by atoms with E-state index in [1.807, 2.05) is 18.2 Å². The zero-order valence-corrected chi connectivity index (χ0v) is 19.1. The number of rotatable bonds is 10. The van der Waals surface area contributed by atoms with Gasteiger partial charge in [-0.15, -0.1) is 0 Å². The number of allylic oxidation sites excluding steroid dienone is 1. The summed E-state index contributed by atoms with van der Waals surface area (Å²) in [5.41, 5.74) is 2.46. The monoisotopic (exact) mass is 410 g/mol. The molecule has 0 heterocycles. The third-order valence-corrected chi connectivity index (χ3v) is 4.58. The molecule has 0 fully saturated rings. The highest BCUT2D eigenvalue weighted by Gasteiger charge is 2.23. The molecule has 4 heteroatoms. The van der Waals surface area contributed by atoms with Crippen molar-refractivity contribution in [1.29, 1.82) is 0 Å². The van der Waals surface area contributed by atoms with Crippen molar-refractivity contribution in [3.05, 3.63) is 59.2 Å². The van der Waals surface area contributed by atoms with Crippen LogP contribution in [0.25, 0.3) is 6.08 Å². The number of ether oxygens (including phenoxy) is 3. The number of hydrogen-bond acceptors (Lipinski definition) is 4. The first-order valence-corrected chi connectivity index (χ1v) is 10.6. The largest absolute Gasteiger partial charge is 0.497 e. The van der Waals surface area contributed by atoms with Crippen LogP contribution < -0.4 is 14.2 Å². The molecule has 0 aliphatic carbocycles. The SMILES string of the molecule is CCCOc1cc(C=CC(=O)c2ccc(OC)cc2)c(C(C)(C)C)c(OCCC)c1. The van der Waals surface area contributed by atoms with E-state index in [9.17, 15) is 4.79 Å². The third kappa shape index (κ3) is 6.38. The van der Waals surface area contributed by atoms with Crippen LogP contribution in [0.2, 0.25) is 0 Å². The van der Waals surface area contributed by atoms with Crippen LogP contribution in [0, 0.1) is 0 Å². The van der Waals surface area contributed by atoms with E-state index in [0.29, 0.717) is 18.8 Å². The molecule has 2 rings (SSSR count). The summed E-state index contributed by atoms with van der Waals surface area (Å²) in [7, 11) is 1.61. The summed E-state index contributed by atoms with van der Waals surface area (Å²) >= 11 is 0. The highest BCUT2D eigenvalue weighted by atomic mass is 16.5. The first kappa shape index (κ1) is 23.5. The molecule has 0 aromatic heterocycles. The van der Waals surface area contributed by atoms with E-state index in [0.717, 1.165) is 41.2 Å². The highest BCUT2D eigenvalue weighted by Crippen LogP contribution is 2.38. The molecule has 0 saturated carbocycles. The lowest BCUT2D eigenvalue weighted by atomic mass is 9.82. The van der Waals surface area contributed by atoms with Crippen molar-refractivity contribution in [2.75, 3.05) is 20.3 Å². The van der Waals surface area contributed by atoms with Gasteiger partial charge in [-0.1, -0.05) is 40.7 Å². The minimum atomic E-state index is -0.158. The maximum atomic E-state index is 12.7. The highest BCUT2D eigenvalue weighted by molar-refractivity contribution is 6.07. The Labute approximate surface area is 180 Å². The van der Waals surface area contributed by atoms with Crippen LogP contribution in [0.4, 0.5) is 0 Å². The van der Waals surface area contributed by atoms with Gasteiger partial charge < -0.3 is 14.2 Å². The average Bonchev–Trinajstić information content (AvgIpc) is 2.73. The van der Waals surface area contributed by atoms with Gasteiger partial charge in [0.1, 0.15) is 17.2 Å². The van der Waals surface area contributed by atoms with Crippen LogP contribution >= 0.6 is 0 Å². The Morgan fingerprint density at radius 2 is 1.57 bits per heavy atom. The molecule has 0 N–H and O–H groups in total. The Bertz CT molecular complexity index is 858. The molecule has 0 radical (unpaired) electrons. The number of carbonyl (C=O) groups is 1. The smallest absolute Gasteiger partial charge is 0.185 e. The first-order chi connectivity index (χ1) is 14.3. The molecular formula is C26H34O4. The van der Waals surface area contributed by atoms with Crippen molar-refractivity contribution < 1.29 is 19.0 Å². The summed E-state index contributed by atoms with van der Waals surface area (Å²) in [6, 6.07) is 11.1. The van der Waals surface area contributed by atoms with Crippen molar-refractivity contribution in [2.45, 2.75) is 52.9 Å². The summed E-state index contributed by atoms with van der Waals surface area (Å²) in [5, 5.41) is 0. The number of carbonyl (C=O) groups excluding carboxylic acids is 1. The Morgan fingerprint density at radius 3 is 2.13 bits per heavy atom. The van der Waals surface area contributed by atoms with Crippen molar-refractivity contribution in [3.63, 3.8) is 0 Å². The average molecular weight is 411 g/mol. The molecule has 0 spiro atoms. The number of methoxy groups -OCH3 is 1. The van der Waals surface area contributed by atoms with Gasteiger partial charge in [0.2, 0.25) is 0 Å². The lowest BCUT2D eigenvalue weighted by Gasteiger charge is -2.26. The number of benzene rings is 2. The molecule has 4 nitrogen and oxygen atoms in total. The van der Waals surface area contributed by atoms with Crippen molar-refractivity contribution in [3.8, 4) is 17.2 Å². The van der Waals surface area contributed by atoms with Crippen molar-refractivity contribution >= 4 is 11.9 Å². The van der Waals surface area contributed by atoms with Crippen molar-refractivity contribution in [1.82, 2.24) is 0 Å². The van der Waals surface area contributed by atoms with Gasteiger partial charge in [-0.2, -0.15) is 0 Å². The van der Waals surface area contributed by atoms with E-state index >= 15 is 0 Å². The lowest BCUT2D eigenvalue weighted by Crippen LogP contribution is -2.16. The fraction of sp³-hybridized carbons (Fsp3) is 0.423. The van der Waals surface area contributed by atoms with Gasteiger partial charge in [0.05, 0.1) is 20.3 Å². The number of hydrogen-bond donors (Lipinski definition) is 0. The standard InChI is InChI=1S/C26H34O4/c1-7-15-29-22-17-20(25(26(3,4)5)24(18-22)30-16-8-2)11-14-23(27)19-9-12-21(28-6)13-10-19/h9-14,17-18H,7-8,15-16H2,1-6H3. The van der Waals surface area contributed by atoms with E-state index in [4.69, 9.17) is 14.2 Å². The van der Waals surface area contributed by atoms with E-state index in [2.05, 4.69) is 34.6 Å². The van der Waals surface area contributed by atoms with Crippen LogP contribution in [0.5, 0.6) is 17.2 Å². The maximum Gasteiger partial charge on any atom is 0.185 e. The van der Waals surface area contributed by atoms with E-state index in [-0.39, 0.29) is 11.2 Å². The van der Waals surface area contributed by atoms with Gasteiger partial charge in [0, 0.05) is 17.2 Å². The van der Waals surface area contributed by atoms with Gasteiger partial charge in [0.25, 0.3) is 0 Å². The van der Waals surface area contributed by atoms with Crippen LogP contribution in [0.3, 0.4) is 0 Å². The second-order valence-corrected chi connectivity index (χ2v) is 8.26. The Balaban J connectivity index is 2.45. The normalized spacial score (nSPS) is 11.5. The molecule has 0 amide bonds. The van der Waals surface area contributed by atoms with Gasteiger partial charge in [-0.3, -0.25) is 4.79 Å². The van der Waals surface area contributed by atoms with Crippen LogP contribution in [0.1, 0.15) is 68.9 Å². The molecule has 0 saturated heterocycles. The zero-order valence-electron chi connectivity index (χ0n) is 19.1. The van der Waals surface area contributed by atoms with E-state index < -0.39 is 0 Å². The molecule has 2 aromatic rings. The summed E-state index contributed by atoms with van der Waals surface area (Å²) in [4.78, 5) is 12.7. The third-order valence-electron chi connectivity index (χ3n) is 4.58. The fourth-order valence-corrected chi connectivity index (χ4v) is 3.19. The second-order valence-electron chi connectivity index (χ2n) is 8.26. The van der Waals surface area contributed by atoms with E-state index in [1.165, 1.54) is 0 Å². The molecule has 0 aliphatic rings. The topological polar surface area (TPSA) is 44.8 Å². The fourth-order valence-electron chi connectivity index (χ4n) is 3.19. The minimum Gasteiger partial charge on any atom is -0.497 e. The molecule has 2 aromatic carbocycles. The maximum absolute atomic E-state index is 12.7. The molecular weight excluding hydrogens is 376 g/mol. The quantitative estimate of drug-likeness (QED) is 0.333. The predicted molar refractivity (Wildman–Crippen MR) is 123 cm³/mol. The van der Waals surface area contributed by atoms with Crippen LogP contribution in [-0.4, -0.2) is 26.1 Å². The molecule has 162 valence electrons. The van der Waals surface area contributed by atoms with Gasteiger partial charge in [-0.05, 0) is 60.2 Å². The van der Waals surface area contributed by atoms with Gasteiger partial charge in [0.15, 0.2) is 5.78 Å². The minimum absolute atomic E-state index is 0.0616. The Hall–Kier alpha value is -2.75. The molecule has 0 unspecified atom stereocenters. The summed E-state index contributed by atoms with van der Waals surface area (Å²) in [5.74, 6) is 2.24. The lowest BCUT2D eigenvalue weighted by molar-refractivity contribution is 0.104. The number of ketones is 1. The van der Waals surface area contributed by atoms with Crippen LogP contribution in [-0.2, 0) is 5.41 Å². The predicted octanol–water partition coefficient (Wildman–Crippen LogP) is 6.47. The van der Waals surface area contributed by atoms with Gasteiger partial charge >= 0.3 is 0 Å². The zero-order chi connectivity index (χ0) is 22.1. The Morgan fingerprint density at radius 1 is 0.933 bits per heavy atom. The van der Waals surface area contributed by atoms with Crippen molar-refractivity contribution in [2.24, 2.45) is 0 Å². The molecule has 0 bridgehead atoms. The van der Waals surface area contributed by atoms with Gasteiger partial charge in [-0.25, -0.2) is 0 Å².